The average molecular weight is 1850 g/mol. The molecule has 0 amide bonds. The van der Waals surface area contributed by atoms with Crippen LogP contribution in [0, 0.1) is 0 Å². The second kappa shape index (κ2) is 35.3. The van der Waals surface area contributed by atoms with Crippen LogP contribution >= 0.6 is 0 Å². The summed E-state index contributed by atoms with van der Waals surface area (Å²) in [6.45, 7) is 0. The third-order valence-electron chi connectivity index (χ3n) is 27.2. The van der Waals surface area contributed by atoms with E-state index in [-0.39, 0.29) is 0 Å². The summed E-state index contributed by atoms with van der Waals surface area (Å²) in [6, 6.07) is 163. The SMILES string of the molecule is c1ccc(-c2cc(-c3ccccc3)nc(-c3nc(-n4c5ccccc5c5cc6ccn(-c7ccccc7)c6cc54)nc4ccccc34)n2)cc1.c1ccc(-c2ccccc2-c2nc(-n3c4ccccc4c4cc5ccn(-c6ccccc6)c5cc43)nc3ccccc23)cc1.c1ccc(-c2nc(-c3ccccc3)nc(-c3nc(-n4c5ccccc5c5cc6ccn(-c7ccccc7)c6cc54)nc4ccccc34)n2)cc1. The highest BCUT2D eigenvalue weighted by molar-refractivity contribution is 6.17. The molecule has 0 saturated heterocycles. The standard InChI is InChI=1S/C44H28N6.C43H27N7.C40H26N4/c1-4-14-29(15-5-1)37-27-38(30-16-6-2-7-17-30)46-43(45-37)42-34-21-10-12-22-36(34)47-44(48-42)50-39-23-13-11-20-33(39)35-26-31-24-25-49(40(31)28-41(35)50)32-18-8-3-9-19-32;1-4-14-28(15-5-1)40-46-41(29-16-6-2-7-17-29)48-42(47-40)39-33-21-10-12-22-35(33)44-43(45-39)50-36-23-13-11-20-32(36)34-26-30-24-25-49(37(30)27-38(34)50)31-18-8-3-9-19-31;1-3-13-27(14-4-1)30-17-7-8-19-32(30)39-33-20-9-11-21-35(33)41-40(42-39)44-36-22-12-10-18-31(36)34-25-28-23-24-43(37(28)26-38(34)44)29-15-5-2-6-16-29/h1-28H;1-27H;1-26H. The van der Waals surface area contributed by atoms with E-state index >= 15 is 0 Å². The number of hydrogen-bond acceptors (Lipinski definition) is 11. The van der Waals surface area contributed by atoms with Crippen LogP contribution in [0.25, 0.3) is 256 Å². The largest absolute Gasteiger partial charge is 0.316 e. The zero-order valence-electron chi connectivity index (χ0n) is 77.4. The van der Waals surface area contributed by atoms with Crippen molar-refractivity contribution in [2.45, 2.75) is 0 Å². The van der Waals surface area contributed by atoms with Crippen molar-refractivity contribution in [2.24, 2.45) is 0 Å². The van der Waals surface area contributed by atoms with Crippen molar-refractivity contribution in [3.05, 3.63) is 492 Å². The van der Waals surface area contributed by atoms with Gasteiger partial charge in [0.15, 0.2) is 23.3 Å². The van der Waals surface area contributed by atoms with E-state index in [9.17, 15) is 0 Å². The number of benzene rings is 18. The molecule has 0 atom stereocenters. The maximum absolute atomic E-state index is 5.39. The van der Waals surface area contributed by atoms with Gasteiger partial charge in [-0.25, -0.2) is 54.8 Å². The van der Waals surface area contributed by atoms with Gasteiger partial charge in [0.1, 0.15) is 11.4 Å². The van der Waals surface area contributed by atoms with E-state index in [0.29, 0.717) is 52.5 Å². The summed E-state index contributed by atoms with van der Waals surface area (Å²) in [7, 11) is 0. The summed E-state index contributed by atoms with van der Waals surface area (Å²) < 4.78 is 13.3. The Labute approximate surface area is 824 Å². The van der Waals surface area contributed by atoms with Crippen molar-refractivity contribution in [1.82, 2.24) is 82.2 Å². The van der Waals surface area contributed by atoms with Crippen LogP contribution in [0.1, 0.15) is 0 Å². The van der Waals surface area contributed by atoms with E-state index in [1.54, 1.807) is 0 Å². The highest BCUT2D eigenvalue weighted by Gasteiger charge is 2.27. The van der Waals surface area contributed by atoms with Gasteiger partial charge in [0.2, 0.25) is 17.8 Å². The molecule has 0 fully saturated rings. The molecule has 144 heavy (non-hydrogen) atoms. The Hall–Kier alpha value is -19.9. The number of aromatic nitrogens is 17. The van der Waals surface area contributed by atoms with Crippen LogP contribution in [0.2, 0.25) is 0 Å². The molecule has 0 N–H and O–H groups in total. The minimum atomic E-state index is 0.485. The Morgan fingerprint density at radius 3 is 0.785 bits per heavy atom. The fraction of sp³-hybridized carbons (Fsp3) is 0. The molecular formula is C127H81N17. The van der Waals surface area contributed by atoms with Gasteiger partial charge in [-0.15, -0.1) is 0 Å². The molecule has 0 aliphatic heterocycles. The second-order valence-corrected chi connectivity index (χ2v) is 35.7. The predicted octanol–water partition coefficient (Wildman–Crippen LogP) is 30.3. The normalized spacial score (nSPS) is 11.6. The Bertz CT molecular complexity index is 9510. The fourth-order valence-corrected chi connectivity index (χ4v) is 20.5. The lowest BCUT2D eigenvalue weighted by molar-refractivity contribution is 0.995. The number of rotatable bonds is 14. The van der Waals surface area contributed by atoms with Crippen LogP contribution in [0.5, 0.6) is 0 Å². The van der Waals surface area contributed by atoms with Gasteiger partial charge in [-0.1, -0.05) is 340 Å². The quantitative estimate of drug-likeness (QED) is 0.101. The molecule has 0 saturated carbocycles. The van der Waals surface area contributed by atoms with Crippen LogP contribution < -0.4 is 0 Å². The maximum Gasteiger partial charge on any atom is 0.235 e. The molecule has 18 aromatic carbocycles. The van der Waals surface area contributed by atoms with Gasteiger partial charge in [0.25, 0.3) is 0 Å². The third-order valence-corrected chi connectivity index (χ3v) is 27.2. The van der Waals surface area contributed by atoms with Gasteiger partial charge in [0.05, 0.1) is 83.3 Å². The molecule has 0 radical (unpaired) electrons. The van der Waals surface area contributed by atoms with Crippen molar-refractivity contribution in [2.75, 3.05) is 0 Å². The molecular weight excluding hydrogens is 1760 g/mol. The lowest BCUT2D eigenvalue weighted by Crippen LogP contribution is -2.06. The molecule has 0 unspecified atom stereocenters. The minimum absolute atomic E-state index is 0.485. The van der Waals surface area contributed by atoms with Crippen molar-refractivity contribution in [3.63, 3.8) is 0 Å². The Morgan fingerprint density at radius 1 is 0.153 bits per heavy atom. The van der Waals surface area contributed by atoms with E-state index < -0.39 is 0 Å². The lowest BCUT2D eigenvalue weighted by atomic mass is 9.96. The molecule has 674 valence electrons. The van der Waals surface area contributed by atoms with E-state index in [4.69, 9.17) is 54.8 Å². The van der Waals surface area contributed by atoms with E-state index in [2.05, 4.69) is 361 Å². The molecule has 17 nitrogen and oxygen atoms in total. The van der Waals surface area contributed by atoms with Crippen LogP contribution in [0.4, 0.5) is 0 Å². The highest BCUT2D eigenvalue weighted by atomic mass is 15.2. The van der Waals surface area contributed by atoms with Crippen molar-refractivity contribution in [3.8, 4) is 126 Å². The molecule has 29 aromatic rings. The zero-order valence-corrected chi connectivity index (χ0v) is 77.4. The first-order valence-corrected chi connectivity index (χ1v) is 48.0. The fourth-order valence-electron chi connectivity index (χ4n) is 20.5. The average Bonchev–Trinajstić information content (AvgIpc) is 1.61. The summed E-state index contributed by atoms with van der Waals surface area (Å²) in [6.07, 6.45) is 6.42. The van der Waals surface area contributed by atoms with Crippen LogP contribution in [-0.2, 0) is 0 Å². The van der Waals surface area contributed by atoms with Crippen LogP contribution in [0.3, 0.4) is 0 Å². The van der Waals surface area contributed by atoms with Crippen molar-refractivity contribution in [1.29, 1.82) is 0 Å². The van der Waals surface area contributed by atoms with Gasteiger partial charge >= 0.3 is 0 Å². The van der Waals surface area contributed by atoms with Crippen molar-refractivity contribution >= 4 is 131 Å². The zero-order chi connectivity index (χ0) is 95.1. The molecule has 17 heteroatoms. The molecule has 0 aliphatic rings. The van der Waals surface area contributed by atoms with Gasteiger partial charge in [-0.05, 0) is 145 Å². The molecule has 11 heterocycles. The summed E-state index contributed by atoms with van der Waals surface area (Å²) in [5, 5.41) is 13.2. The van der Waals surface area contributed by atoms with E-state index in [1.165, 1.54) is 21.5 Å². The number of nitrogens with zero attached hydrogens (tertiary/aromatic N) is 17. The van der Waals surface area contributed by atoms with Gasteiger partial charge in [-0.3, -0.25) is 13.7 Å². The first kappa shape index (κ1) is 83.5. The van der Waals surface area contributed by atoms with E-state index in [1.807, 2.05) is 158 Å². The monoisotopic (exact) mass is 1840 g/mol. The molecule has 0 spiro atoms. The first-order valence-electron chi connectivity index (χ1n) is 48.0. The van der Waals surface area contributed by atoms with Gasteiger partial charge < -0.3 is 13.7 Å². The minimum Gasteiger partial charge on any atom is -0.316 e. The van der Waals surface area contributed by atoms with E-state index in [0.717, 1.165) is 182 Å². The molecule has 0 bridgehead atoms. The number of hydrogen-bond donors (Lipinski definition) is 0. The molecule has 29 rings (SSSR count). The summed E-state index contributed by atoms with van der Waals surface area (Å²) in [4.78, 5) is 57.0. The van der Waals surface area contributed by atoms with Crippen LogP contribution in [0.15, 0.2) is 492 Å². The van der Waals surface area contributed by atoms with Crippen molar-refractivity contribution < 1.29 is 0 Å². The summed E-state index contributed by atoms with van der Waals surface area (Å²) in [5.74, 6) is 3.97. The van der Waals surface area contributed by atoms with Gasteiger partial charge in [0, 0.05) is 128 Å². The Balaban J connectivity index is 0.000000108. The third kappa shape index (κ3) is 14.8. The highest BCUT2D eigenvalue weighted by Crippen LogP contribution is 2.44. The first-order chi connectivity index (χ1) is 71.4. The lowest BCUT2D eigenvalue weighted by Gasteiger charge is -2.14. The van der Waals surface area contributed by atoms with Crippen LogP contribution in [-0.4, -0.2) is 82.2 Å². The maximum atomic E-state index is 5.39. The topological polar surface area (TPSA) is 171 Å². The predicted molar refractivity (Wildman–Crippen MR) is 585 cm³/mol. The molecule has 0 aliphatic carbocycles. The summed E-state index contributed by atoms with van der Waals surface area (Å²) >= 11 is 0. The Kier molecular flexibility index (Phi) is 20.4. The summed E-state index contributed by atoms with van der Waals surface area (Å²) in [5.41, 5.74) is 26.6. The number of para-hydroxylation sites is 9. The number of fused-ring (bicyclic) bond motifs is 15. The Morgan fingerprint density at radius 2 is 0.424 bits per heavy atom. The molecule has 11 aromatic heterocycles. The smallest absolute Gasteiger partial charge is 0.235 e. The van der Waals surface area contributed by atoms with Gasteiger partial charge in [-0.2, -0.15) is 0 Å². The second-order valence-electron chi connectivity index (χ2n) is 35.7.